The Morgan fingerprint density at radius 1 is 1.31 bits per heavy atom. The first kappa shape index (κ1) is 18.9. The SMILES string of the molecule is CCN1C(=O)C(CC(C)C)NC(=O)C12CCN(Cc1[nH]cnc1C)CC2. The van der Waals surface area contributed by atoms with E-state index in [9.17, 15) is 9.59 Å². The molecule has 2 N–H and O–H groups in total. The highest BCUT2D eigenvalue weighted by molar-refractivity contribution is 6.00. The fourth-order valence-corrected chi connectivity index (χ4v) is 4.32. The third kappa shape index (κ3) is 3.37. The van der Waals surface area contributed by atoms with E-state index in [4.69, 9.17) is 0 Å². The number of piperidine rings is 1. The van der Waals surface area contributed by atoms with E-state index in [0.717, 1.165) is 31.0 Å². The molecule has 26 heavy (non-hydrogen) atoms. The number of carbonyl (C=O) groups excluding carboxylic acids is 2. The molecule has 1 aromatic rings. The molecule has 1 spiro atoms. The summed E-state index contributed by atoms with van der Waals surface area (Å²) < 4.78 is 0. The number of aromatic nitrogens is 2. The molecular formula is C19H31N5O2. The molecule has 3 heterocycles. The predicted octanol–water partition coefficient (Wildman–Crippen LogP) is 1.45. The maximum absolute atomic E-state index is 13.0. The molecule has 2 amide bonds. The van der Waals surface area contributed by atoms with Gasteiger partial charge >= 0.3 is 0 Å². The van der Waals surface area contributed by atoms with Crippen LogP contribution in [-0.4, -0.2) is 62.8 Å². The molecule has 0 aliphatic carbocycles. The third-order valence-corrected chi connectivity index (χ3v) is 5.83. The van der Waals surface area contributed by atoms with Crippen LogP contribution in [0.2, 0.25) is 0 Å². The van der Waals surface area contributed by atoms with Crippen molar-refractivity contribution < 1.29 is 9.59 Å². The summed E-state index contributed by atoms with van der Waals surface area (Å²) in [7, 11) is 0. The Balaban J connectivity index is 1.70. The molecule has 1 unspecified atom stereocenters. The van der Waals surface area contributed by atoms with Crippen LogP contribution in [0.3, 0.4) is 0 Å². The lowest BCUT2D eigenvalue weighted by Crippen LogP contribution is -2.72. The van der Waals surface area contributed by atoms with Crippen LogP contribution >= 0.6 is 0 Å². The number of nitrogens with zero attached hydrogens (tertiary/aromatic N) is 3. The van der Waals surface area contributed by atoms with Crippen molar-refractivity contribution in [3.8, 4) is 0 Å². The van der Waals surface area contributed by atoms with E-state index in [0.29, 0.717) is 31.7 Å². The van der Waals surface area contributed by atoms with Crippen molar-refractivity contribution in [1.29, 1.82) is 0 Å². The largest absolute Gasteiger partial charge is 0.347 e. The van der Waals surface area contributed by atoms with Crippen LogP contribution in [0.4, 0.5) is 0 Å². The van der Waals surface area contributed by atoms with Crippen LogP contribution < -0.4 is 5.32 Å². The number of H-pyrrole nitrogens is 1. The number of likely N-dealkylation sites (tertiary alicyclic amines) is 1. The number of aryl methyl sites for hydroxylation is 1. The van der Waals surface area contributed by atoms with Crippen molar-refractivity contribution in [2.75, 3.05) is 19.6 Å². The zero-order valence-corrected chi connectivity index (χ0v) is 16.3. The maximum Gasteiger partial charge on any atom is 0.246 e. The number of carbonyl (C=O) groups is 2. The van der Waals surface area contributed by atoms with Crippen molar-refractivity contribution in [2.24, 2.45) is 5.92 Å². The first-order valence-electron chi connectivity index (χ1n) is 9.71. The summed E-state index contributed by atoms with van der Waals surface area (Å²) in [6.07, 6.45) is 3.78. The van der Waals surface area contributed by atoms with Gasteiger partial charge in [-0.25, -0.2) is 4.98 Å². The molecular weight excluding hydrogens is 330 g/mol. The summed E-state index contributed by atoms with van der Waals surface area (Å²) >= 11 is 0. The average Bonchev–Trinajstić information content (AvgIpc) is 2.99. The van der Waals surface area contributed by atoms with Gasteiger partial charge in [-0.05, 0) is 39.0 Å². The van der Waals surface area contributed by atoms with Gasteiger partial charge in [0.1, 0.15) is 11.6 Å². The molecule has 7 nitrogen and oxygen atoms in total. The van der Waals surface area contributed by atoms with Gasteiger partial charge in [0.2, 0.25) is 11.8 Å². The first-order chi connectivity index (χ1) is 12.4. The van der Waals surface area contributed by atoms with Crippen LogP contribution in [0.25, 0.3) is 0 Å². The van der Waals surface area contributed by atoms with E-state index in [-0.39, 0.29) is 17.9 Å². The van der Waals surface area contributed by atoms with E-state index < -0.39 is 5.54 Å². The number of imidazole rings is 1. The Morgan fingerprint density at radius 3 is 2.54 bits per heavy atom. The zero-order chi connectivity index (χ0) is 18.9. The summed E-state index contributed by atoms with van der Waals surface area (Å²) in [4.78, 5) is 37.6. The van der Waals surface area contributed by atoms with Gasteiger partial charge in [0.05, 0.1) is 17.7 Å². The monoisotopic (exact) mass is 361 g/mol. The second kappa shape index (κ2) is 7.39. The summed E-state index contributed by atoms with van der Waals surface area (Å²) in [5, 5.41) is 3.03. The molecule has 0 aromatic carbocycles. The molecule has 2 saturated heterocycles. The zero-order valence-electron chi connectivity index (χ0n) is 16.3. The highest BCUT2D eigenvalue weighted by atomic mass is 16.2. The molecule has 0 bridgehead atoms. The molecule has 3 rings (SSSR count). The molecule has 7 heteroatoms. The van der Waals surface area contributed by atoms with E-state index in [1.165, 1.54) is 0 Å². The van der Waals surface area contributed by atoms with Gasteiger partial charge in [-0.2, -0.15) is 0 Å². The summed E-state index contributed by atoms with van der Waals surface area (Å²) in [5.41, 5.74) is 1.45. The summed E-state index contributed by atoms with van der Waals surface area (Å²) in [6.45, 7) is 11.1. The summed E-state index contributed by atoms with van der Waals surface area (Å²) in [5.74, 6) is 0.483. The predicted molar refractivity (Wildman–Crippen MR) is 99.3 cm³/mol. The number of hydrogen-bond donors (Lipinski definition) is 2. The van der Waals surface area contributed by atoms with Crippen molar-refractivity contribution in [2.45, 2.75) is 65.1 Å². The Morgan fingerprint density at radius 2 is 2.00 bits per heavy atom. The van der Waals surface area contributed by atoms with Gasteiger partial charge in [0.15, 0.2) is 0 Å². The smallest absolute Gasteiger partial charge is 0.246 e. The van der Waals surface area contributed by atoms with E-state index in [1.807, 2.05) is 18.7 Å². The Labute approximate surface area is 155 Å². The second-order valence-electron chi connectivity index (χ2n) is 8.01. The highest BCUT2D eigenvalue weighted by Crippen LogP contribution is 2.34. The Bertz CT molecular complexity index is 661. The molecule has 1 atom stereocenters. The fraction of sp³-hybridized carbons (Fsp3) is 0.737. The topological polar surface area (TPSA) is 81.3 Å². The lowest BCUT2D eigenvalue weighted by Gasteiger charge is -2.51. The van der Waals surface area contributed by atoms with Crippen molar-refractivity contribution in [1.82, 2.24) is 25.1 Å². The van der Waals surface area contributed by atoms with Gasteiger partial charge in [-0.15, -0.1) is 0 Å². The standard InChI is InChI=1S/C19H31N5O2/c1-5-24-17(25)15(10-13(2)3)22-18(26)19(24)6-8-23(9-7-19)11-16-14(4)20-12-21-16/h12-13,15H,5-11H2,1-4H3,(H,20,21)(H,22,26). The minimum absolute atomic E-state index is 0.0296. The fourth-order valence-electron chi connectivity index (χ4n) is 4.32. The number of amides is 2. The number of nitrogens with one attached hydrogen (secondary N) is 2. The molecule has 1 aromatic heterocycles. The van der Waals surface area contributed by atoms with Gasteiger partial charge in [-0.1, -0.05) is 13.8 Å². The highest BCUT2D eigenvalue weighted by Gasteiger charge is 2.52. The van der Waals surface area contributed by atoms with Crippen LogP contribution in [0.5, 0.6) is 0 Å². The van der Waals surface area contributed by atoms with E-state index in [2.05, 4.69) is 34.0 Å². The van der Waals surface area contributed by atoms with Crippen LogP contribution in [0.15, 0.2) is 6.33 Å². The van der Waals surface area contributed by atoms with Crippen molar-refractivity contribution in [3.63, 3.8) is 0 Å². The van der Waals surface area contributed by atoms with Crippen LogP contribution in [0.1, 0.15) is 51.4 Å². The number of hydrogen-bond acceptors (Lipinski definition) is 4. The molecule has 2 aliphatic rings. The lowest BCUT2D eigenvalue weighted by atomic mass is 9.81. The minimum atomic E-state index is -0.682. The number of likely N-dealkylation sites (N-methyl/N-ethyl adjacent to an activating group) is 1. The Hall–Kier alpha value is -1.89. The quantitative estimate of drug-likeness (QED) is 0.832. The maximum atomic E-state index is 13.0. The summed E-state index contributed by atoms with van der Waals surface area (Å²) in [6, 6.07) is -0.376. The third-order valence-electron chi connectivity index (χ3n) is 5.83. The van der Waals surface area contributed by atoms with Gasteiger partial charge in [-0.3, -0.25) is 14.5 Å². The number of rotatable bonds is 5. The number of piperazine rings is 1. The van der Waals surface area contributed by atoms with Crippen LogP contribution in [-0.2, 0) is 16.1 Å². The van der Waals surface area contributed by atoms with E-state index in [1.54, 1.807) is 6.33 Å². The molecule has 144 valence electrons. The Kier molecular flexibility index (Phi) is 5.37. The molecule has 2 fully saturated rings. The lowest BCUT2D eigenvalue weighted by molar-refractivity contribution is -0.161. The van der Waals surface area contributed by atoms with Crippen LogP contribution in [0, 0.1) is 12.8 Å². The average molecular weight is 361 g/mol. The normalized spacial score (nSPS) is 23.7. The number of aromatic amines is 1. The second-order valence-corrected chi connectivity index (χ2v) is 8.01. The molecule has 2 aliphatic heterocycles. The minimum Gasteiger partial charge on any atom is -0.347 e. The van der Waals surface area contributed by atoms with Gasteiger partial charge < -0.3 is 15.2 Å². The molecule has 0 saturated carbocycles. The van der Waals surface area contributed by atoms with Crippen molar-refractivity contribution >= 4 is 11.8 Å². The van der Waals surface area contributed by atoms with Gasteiger partial charge in [0, 0.05) is 26.2 Å². The first-order valence-corrected chi connectivity index (χ1v) is 9.71. The van der Waals surface area contributed by atoms with Gasteiger partial charge in [0.25, 0.3) is 0 Å². The molecule has 0 radical (unpaired) electrons. The van der Waals surface area contributed by atoms with E-state index >= 15 is 0 Å². The van der Waals surface area contributed by atoms with Crippen molar-refractivity contribution in [3.05, 3.63) is 17.7 Å².